The van der Waals surface area contributed by atoms with Gasteiger partial charge in [-0.3, -0.25) is 4.79 Å². The molecule has 1 heterocycles. The molecule has 0 aliphatic heterocycles. The van der Waals surface area contributed by atoms with E-state index in [0.29, 0.717) is 18.9 Å². The molecule has 6 nitrogen and oxygen atoms in total. The summed E-state index contributed by atoms with van der Waals surface area (Å²) in [5.41, 5.74) is 1.12. The summed E-state index contributed by atoms with van der Waals surface area (Å²) < 4.78 is 27.2. The molecule has 140 valence electrons. The molecule has 0 bridgehead atoms. The maximum atomic E-state index is 12.9. The van der Waals surface area contributed by atoms with Gasteiger partial charge in [0.15, 0.2) is 0 Å². The Morgan fingerprint density at radius 1 is 1.12 bits per heavy atom. The van der Waals surface area contributed by atoms with Crippen molar-refractivity contribution in [3.8, 4) is 0 Å². The maximum absolute atomic E-state index is 12.9. The Hall–Kier alpha value is -2.25. The molecule has 0 saturated heterocycles. The first-order chi connectivity index (χ1) is 12.4. The van der Waals surface area contributed by atoms with Crippen LogP contribution < -0.4 is 5.32 Å². The van der Waals surface area contributed by atoms with E-state index in [1.54, 1.807) is 24.4 Å². The van der Waals surface area contributed by atoms with Gasteiger partial charge in [-0.2, -0.15) is 4.31 Å². The van der Waals surface area contributed by atoms with Gasteiger partial charge in [-0.1, -0.05) is 26.0 Å². The fourth-order valence-electron chi connectivity index (χ4n) is 2.59. The van der Waals surface area contributed by atoms with Crippen LogP contribution in [0.3, 0.4) is 0 Å². The number of rotatable bonds is 8. The van der Waals surface area contributed by atoms with Crippen molar-refractivity contribution in [1.82, 2.24) is 9.29 Å². The minimum Gasteiger partial charge on any atom is -0.306 e. The van der Waals surface area contributed by atoms with Gasteiger partial charge in [0.1, 0.15) is 5.82 Å². The summed E-state index contributed by atoms with van der Waals surface area (Å²) in [5.74, 6) is 0.0748. The average Bonchev–Trinajstić information content (AvgIpc) is 2.63. The van der Waals surface area contributed by atoms with E-state index in [1.807, 2.05) is 26.8 Å². The Balaban J connectivity index is 2.29. The molecule has 2 rings (SSSR count). The third-order valence-electron chi connectivity index (χ3n) is 3.92. The molecule has 0 aliphatic carbocycles. The van der Waals surface area contributed by atoms with Crippen molar-refractivity contribution >= 4 is 21.7 Å². The summed E-state index contributed by atoms with van der Waals surface area (Å²) in [6, 6.07) is 9.75. The monoisotopic (exact) mass is 375 g/mol. The van der Waals surface area contributed by atoms with Crippen LogP contribution in [0.5, 0.6) is 0 Å². The zero-order valence-corrected chi connectivity index (χ0v) is 16.2. The third kappa shape index (κ3) is 4.68. The SMILES string of the molecule is CCCN(CCC)S(=O)(=O)c1cccc(C(=O)Nc2ncccc2C)c1. The fraction of sp³-hybridized carbons (Fsp3) is 0.368. The van der Waals surface area contributed by atoms with Crippen LogP contribution in [-0.4, -0.2) is 36.7 Å². The van der Waals surface area contributed by atoms with Gasteiger partial charge in [0.2, 0.25) is 10.0 Å². The van der Waals surface area contributed by atoms with E-state index in [1.165, 1.54) is 16.4 Å². The van der Waals surface area contributed by atoms with Crippen molar-refractivity contribution in [3.05, 3.63) is 53.7 Å². The molecule has 2 aromatic rings. The third-order valence-corrected chi connectivity index (χ3v) is 5.82. The number of pyridine rings is 1. The van der Waals surface area contributed by atoms with Crippen LogP contribution in [0.1, 0.15) is 42.6 Å². The highest BCUT2D eigenvalue weighted by Crippen LogP contribution is 2.19. The summed E-state index contributed by atoms with van der Waals surface area (Å²) in [5, 5.41) is 2.73. The molecule has 0 spiro atoms. The topological polar surface area (TPSA) is 79.4 Å². The van der Waals surface area contributed by atoms with E-state index < -0.39 is 10.0 Å². The molecule has 0 atom stereocenters. The molecule has 1 N–H and O–H groups in total. The molecule has 0 fully saturated rings. The van der Waals surface area contributed by atoms with Crippen molar-refractivity contribution in [2.24, 2.45) is 0 Å². The first-order valence-electron chi connectivity index (χ1n) is 8.73. The second-order valence-electron chi connectivity index (χ2n) is 6.05. The van der Waals surface area contributed by atoms with E-state index in [4.69, 9.17) is 0 Å². The van der Waals surface area contributed by atoms with Gasteiger partial charge in [0.05, 0.1) is 4.90 Å². The van der Waals surface area contributed by atoms with Crippen LogP contribution in [0.2, 0.25) is 0 Å². The molecule has 0 radical (unpaired) electrons. The Bertz CT molecular complexity index is 860. The van der Waals surface area contributed by atoms with Crippen molar-refractivity contribution in [2.75, 3.05) is 18.4 Å². The van der Waals surface area contributed by atoms with Crippen LogP contribution in [-0.2, 0) is 10.0 Å². The standard InChI is InChI=1S/C19H25N3O3S/c1-4-12-22(13-5-2)26(24,25)17-10-6-9-16(14-17)19(23)21-18-15(3)8-7-11-20-18/h6-11,14H,4-5,12-13H2,1-3H3,(H,20,21,23). The van der Waals surface area contributed by atoms with Crippen LogP contribution in [0.4, 0.5) is 5.82 Å². The smallest absolute Gasteiger partial charge is 0.256 e. The number of hydrogen-bond donors (Lipinski definition) is 1. The summed E-state index contributed by atoms with van der Waals surface area (Å²) in [6.07, 6.45) is 3.06. The molecule has 7 heteroatoms. The lowest BCUT2D eigenvalue weighted by Crippen LogP contribution is -2.32. The van der Waals surface area contributed by atoms with Gasteiger partial charge < -0.3 is 5.32 Å². The van der Waals surface area contributed by atoms with Gasteiger partial charge in [-0.25, -0.2) is 13.4 Å². The van der Waals surface area contributed by atoms with Crippen LogP contribution in [0.25, 0.3) is 0 Å². The molecule has 26 heavy (non-hydrogen) atoms. The molecular formula is C19H25N3O3S. The molecule has 1 aromatic heterocycles. The minimum absolute atomic E-state index is 0.129. The molecule has 1 amide bonds. The van der Waals surface area contributed by atoms with Gasteiger partial charge >= 0.3 is 0 Å². The Kier molecular flexibility index (Phi) is 6.88. The number of amides is 1. The quantitative estimate of drug-likeness (QED) is 0.766. The number of sulfonamides is 1. The molecule has 1 aromatic carbocycles. The predicted molar refractivity (Wildman–Crippen MR) is 103 cm³/mol. The van der Waals surface area contributed by atoms with E-state index >= 15 is 0 Å². The minimum atomic E-state index is -3.62. The van der Waals surface area contributed by atoms with E-state index in [2.05, 4.69) is 10.3 Å². The number of carbonyl (C=O) groups excluding carboxylic acids is 1. The predicted octanol–water partition coefficient (Wildman–Crippen LogP) is 3.45. The lowest BCUT2D eigenvalue weighted by Gasteiger charge is -2.21. The van der Waals surface area contributed by atoms with Gasteiger partial charge in [0.25, 0.3) is 5.91 Å². The second kappa shape index (κ2) is 8.91. The first kappa shape index (κ1) is 20.1. The average molecular weight is 375 g/mol. The lowest BCUT2D eigenvalue weighted by atomic mass is 10.2. The summed E-state index contributed by atoms with van der Waals surface area (Å²) in [4.78, 5) is 16.8. The normalized spacial score (nSPS) is 11.5. The second-order valence-corrected chi connectivity index (χ2v) is 7.99. The van der Waals surface area contributed by atoms with Crippen molar-refractivity contribution in [2.45, 2.75) is 38.5 Å². The van der Waals surface area contributed by atoms with Crippen molar-refractivity contribution in [3.63, 3.8) is 0 Å². The molecular weight excluding hydrogens is 350 g/mol. The number of carbonyl (C=O) groups is 1. The zero-order valence-electron chi connectivity index (χ0n) is 15.4. The largest absolute Gasteiger partial charge is 0.306 e. The molecule has 0 unspecified atom stereocenters. The Morgan fingerprint density at radius 3 is 2.42 bits per heavy atom. The fourth-order valence-corrected chi connectivity index (χ4v) is 4.26. The van der Waals surface area contributed by atoms with Gasteiger partial charge in [-0.05, 0) is 49.6 Å². The van der Waals surface area contributed by atoms with Crippen molar-refractivity contribution in [1.29, 1.82) is 0 Å². The molecule has 0 saturated carbocycles. The number of nitrogens with zero attached hydrogens (tertiary/aromatic N) is 2. The highest BCUT2D eigenvalue weighted by Gasteiger charge is 2.24. The summed E-state index contributed by atoms with van der Waals surface area (Å²) >= 11 is 0. The highest BCUT2D eigenvalue weighted by molar-refractivity contribution is 7.89. The zero-order chi connectivity index (χ0) is 19.2. The van der Waals surface area contributed by atoms with E-state index in [-0.39, 0.29) is 16.4 Å². The van der Waals surface area contributed by atoms with Gasteiger partial charge in [0, 0.05) is 24.8 Å². The first-order valence-corrected chi connectivity index (χ1v) is 10.2. The highest BCUT2D eigenvalue weighted by atomic mass is 32.2. The van der Waals surface area contributed by atoms with Gasteiger partial charge in [-0.15, -0.1) is 0 Å². The maximum Gasteiger partial charge on any atom is 0.256 e. The Labute approximate surface area is 155 Å². The summed E-state index contributed by atoms with van der Waals surface area (Å²) in [6.45, 7) is 6.64. The number of aromatic nitrogens is 1. The lowest BCUT2D eigenvalue weighted by molar-refractivity contribution is 0.102. The van der Waals surface area contributed by atoms with E-state index in [0.717, 1.165) is 18.4 Å². The molecule has 0 aliphatic rings. The van der Waals surface area contributed by atoms with Crippen LogP contribution in [0.15, 0.2) is 47.5 Å². The van der Waals surface area contributed by atoms with E-state index in [9.17, 15) is 13.2 Å². The van der Waals surface area contributed by atoms with Crippen LogP contribution in [0, 0.1) is 6.92 Å². The van der Waals surface area contributed by atoms with Crippen LogP contribution >= 0.6 is 0 Å². The number of benzene rings is 1. The number of nitrogens with one attached hydrogen (secondary N) is 1. The number of aryl methyl sites for hydroxylation is 1. The van der Waals surface area contributed by atoms with Crippen molar-refractivity contribution < 1.29 is 13.2 Å². The summed E-state index contributed by atoms with van der Waals surface area (Å²) in [7, 11) is -3.62. The Morgan fingerprint density at radius 2 is 1.81 bits per heavy atom. The number of hydrogen-bond acceptors (Lipinski definition) is 4. The number of anilines is 1.